The number of furan rings is 1. The largest absolute Gasteiger partial charge is 0.456 e. The van der Waals surface area contributed by atoms with Crippen molar-refractivity contribution in [3.05, 3.63) is 103 Å². The predicted molar refractivity (Wildman–Crippen MR) is 115 cm³/mol. The molecule has 0 aliphatic carbocycles. The number of aromatic amines is 1. The van der Waals surface area contributed by atoms with Crippen molar-refractivity contribution in [2.24, 2.45) is 0 Å². The Labute approximate surface area is 162 Å². The average molecular weight is 362 g/mol. The molecule has 3 aromatic carbocycles. The van der Waals surface area contributed by atoms with Gasteiger partial charge in [-0.25, -0.2) is 0 Å². The van der Waals surface area contributed by atoms with Crippen LogP contribution >= 0.6 is 0 Å². The fourth-order valence-corrected chi connectivity index (χ4v) is 3.51. The van der Waals surface area contributed by atoms with Crippen LogP contribution in [0.25, 0.3) is 44.1 Å². The van der Waals surface area contributed by atoms with Gasteiger partial charge in [0.2, 0.25) is 0 Å². The third kappa shape index (κ3) is 2.93. The van der Waals surface area contributed by atoms with Crippen LogP contribution in [0, 0.1) is 0 Å². The van der Waals surface area contributed by atoms with Crippen LogP contribution in [-0.2, 0) is 0 Å². The Hall–Kier alpha value is -3.85. The maximum atomic E-state index is 6.04. The Morgan fingerprint density at radius 3 is 2.25 bits per heavy atom. The molecule has 0 radical (unpaired) electrons. The number of aromatic nitrogens is 2. The second kappa shape index (κ2) is 7.05. The molecule has 0 spiro atoms. The van der Waals surface area contributed by atoms with E-state index >= 15 is 0 Å². The van der Waals surface area contributed by atoms with E-state index < -0.39 is 0 Å². The van der Waals surface area contributed by atoms with E-state index in [0.29, 0.717) is 0 Å². The van der Waals surface area contributed by atoms with Crippen LogP contribution in [0.3, 0.4) is 0 Å². The van der Waals surface area contributed by atoms with Crippen molar-refractivity contribution in [3.8, 4) is 11.3 Å². The van der Waals surface area contributed by atoms with Crippen LogP contribution in [-0.4, -0.2) is 9.97 Å². The summed E-state index contributed by atoms with van der Waals surface area (Å²) in [5.74, 6) is 0.901. The lowest BCUT2D eigenvalue weighted by Gasteiger charge is -1.99. The van der Waals surface area contributed by atoms with E-state index in [1.807, 2.05) is 36.4 Å². The van der Waals surface area contributed by atoms with E-state index in [2.05, 4.69) is 64.6 Å². The first-order valence-corrected chi connectivity index (χ1v) is 9.23. The summed E-state index contributed by atoms with van der Waals surface area (Å²) in [6, 6.07) is 30.7. The number of rotatable bonds is 1. The summed E-state index contributed by atoms with van der Waals surface area (Å²) >= 11 is 0. The van der Waals surface area contributed by atoms with E-state index in [1.165, 1.54) is 10.8 Å². The van der Waals surface area contributed by atoms with Gasteiger partial charge in [0, 0.05) is 39.6 Å². The highest BCUT2D eigenvalue weighted by Gasteiger charge is 2.12. The van der Waals surface area contributed by atoms with Gasteiger partial charge < -0.3 is 9.40 Å². The zero-order valence-corrected chi connectivity index (χ0v) is 15.2. The Morgan fingerprint density at radius 1 is 0.679 bits per heavy atom. The highest BCUT2D eigenvalue weighted by molar-refractivity contribution is 6.11. The molecule has 3 heteroatoms. The first-order valence-electron chi connectivity index (χ1n) is 9.23. The van der Waals surface area contributed by atoms with Crippen LogP contribution in [0.15, 0.2) is 108 Å². The van der Waals surface area contributed by atoms with E-state index in [0.717, 1.165) is 33.3 Å². The second-order valence-corrected chi connectivity index (χ2v) is 6.57. The van der Waals surface area contributed by atoms with Crippen LogP contribution in [0.1, 0.15) is 0 Å². The average Bonchev–Trinajstić information content (AvgIpc) is 3.37. The van der Waals surface area contributed by atoms with Gasteiger partial charge in [0.05, 0.1) is 5.52 Å². The smallest absolute Gasteiger partial charge is 0.137 e. The van der Waals surface area contributed by atoms with Gasteiger partial charge in [-0.2, -0.15) is 0 Å². The van der Waals surface area contributed by atoms with Crippen molar-refractivity contribution in [1.29, 1.82) is 0 Å². The topological polar surface area (TPSA) is 41.8 Å². The summed E-state index contributed by atoms with van der Waals surface area (Å²) in [7, 11) is 0. The fraction of sp³-hybridized carbons (Fsp3) is 0. The molecule has 3 nitrogen and oxygen atoms in total. The minimum atomic E-state index is 0.901. The molecule has 0 aliphatic rings. The van der Waals surface area contributed by atoms with Crippen LogP contribution in [0.4, 0.5) is 0 Å². The number of H-pyrrole nitrogens is 1. The van der Waals surface area contributed by atoms with Crippen molar-refractivity contribution in [2.45, 2.75) is 0 Å². The van der Waals surface area contributed by atoms with E-state index in [-0.39, 0.29) is 0 Å². The van der Waals surface area contributed by atoms with Crippen molar-refractivity contribution < 1.29 is 4.42 Å². The zero-order valence-electron chi connectivity index (χ0n) is 15.2. The molecular formula is C25H18N2O. The molecule has 0 saturated heterocycles. The summed E-state index contributed by atoms with van der Waals surface area (Å²) < 4.78 is 6.04. The number of benzene rings is 3. The molecule has 0 fully saturated rings. The van der Waals surface area contributed by atoms with E-state index in [9.17, 15) is 0 Å². The number of nitrogens with one attached hydrogen (secondary N) is 1. The van der Waals surface area contributed by atoms with Gasteiger partial charge in [-0.15, -0.1) is 0 Å². The summed E-state index contributed by atoms with van der Waals surface area (Å²) in [5.41, 5.74) is 4.30. The van der Waals surface area contributed by atoms with Crippen LogP contribution < -0.4 is 0 Å². The van der Waals surface area contributed by atoms with Gasteiger partial charge in [-0.05, 0) is 36.4 Å². The van der Waals surface area contributed by atoms with Crippen LogP contribution in [0.5, 0.6) is 0 Å². The number of hydrogen-bond acceptors (Lipinski definition) is 2. The highest BCUT2D eigenvalue weighted by Crippen LogP contribution is 2.35. The molecule has 1 N–H and O–H groups in total. The third-order valence-electron chi connectivity index (χ3n) is 4.80. The molecule has 0 aliphatic heterocycles. The fourth-order valence-electron chi connectivity index (χ4n) is 3.51. The van der Waals surface area contributed by atoms with Gasteiger partial charge in [-0.3, -0.25) is 4.98 Å². The van der Waals surface area contributed by atoms with Gasteiger partial charge in [0.25, 0.3) is 0 Å². The minimum absolute atomic E-state index is 0.901. The Bertz CT molecular complexity index is 1300. The predicted octanol–water partition coefficient (Wildman–Crippen LogP) is 6.82. The molecule has 0 unspecified atom stereocenters. The lowest BCUT2D eigenvalue weighted by Crippen LogP contribution is -1.76. The Morgan fingerprint density at radius 2 is 1.46 bits per heavy atom. The molecule has 6 aromatic rings. The first kappa shape index (κ1) is 16.3. The lowest BCUT2D eigenvalue weighted by molar-refractivity contribution is 0.632. The quantitative estimate of drug-likeness (QED) is 0.349. The maximum Gasteiger partial charge on any atom is 0.137 e. The monoisotopic (exact) mass is 362 g/mol. The molecule has 28 heavy (non-hydrogen) atoms. The molecule has 3 heterocycles. The summed E-state index contributed by atoms with van der Waals surface area (Å²) in [6.07, 6.45) is 3.50. The van der Waals surface area contributed by atoms with E-state index in [4.69, 9.17) is 4.42 Å². The molecule has 0 amide bonds. The number of para-hydroxylation sites is 3. The van der Waals surface area contributed by atoms with Gasteiger partial charge >= 0.3 is 0 Å². The zero-order chi connectivity index (χ0) is 18.8. The Kier molecular flexibility index (Phi) is 4.11. The van der Waals surface area contributed by atoms with E-state index in [1.54, 1.807) is 12.4 Å². The molecule has 6 rings (SSSR count). The Balaban J connectivity index is 0.000000246. The first-order chi connectivity index (χ1) is 13.9. The molecule has 0 bridgehead atoms. The number of hydrogen-bond donors (Lipinski definition) is 1. The summed E-state index contributed by atoms with van der Waals surface area (Å²) in [6.45, 7) is 0. The molecule has 3 aromatic heterocycles. The highest BCUT2D eigenvalue weighted by atomic mass is 16.3. The lowest BCUT2D eigenvalue weighted by atomic mass is 10.1. The molecule has 0 atom stereocenters. The maximum absolute atomic E-state index is 6.04. The molecule has 134 valence electrons. The van der Waals surface area contributed by atoms with Crippen molar-refractivity contribution in [1.82, 2.24) is 9.97 Å². The van der Waals surface area contributed by atoms with Gasteiger partial charge in [0.1, 0.15) is 11.3 Å². The van der Waals surface area contributed by atoms with Gasteiger partial charge in [0.15, 0.2) is 0 Å². The van der Waals surface area contributed by atoms with Crippen molar-refractivity contribution >= 4 is 32.8 Å². The number of nitrogens with zero attached hydrogens (tertiary/aromatic N) is 1. The number of pyridine rings is 1. The molecule has 0 saturated carbocycles. The van der Waals surface area contributed by atoms with Gasteiger partial charge in [-0.1, -0.05) is 54.6 Å². The van der Waals surface area contributed by atoms with Crippen molar-refractivity contribution in [2.75, 3.05) is 0 Å². The third-order valence-corrected chi connectivity index (χ3v) is 4.80. The SMILES string of the molecule is c1ccc2oc(-c3cccc4c3[nH]c3ccccc34)cc2c1.c1ccncc1. The summed E-state index contributed by atoms with van der Waals surface area (Å²) in [5, 5.41) is 3.61. The second-order valence-electron chi connectivity index (χ2n) is 6.57. The minimum Gasteiger partial charge on any atom is -0.456 e. The summed E-state index contributed by atoms with van der Waals surface area (Å²) in [4.78, 5) is 7.31. The molecular weight excluding hydrogens is 344 g/mol. The normalized spacial score (nSPS) is 10.9. The number of fused-ring (bicyclic) bond motifs is 4. The van der Waals surface area contributed by atoms with Crippen LogP contribution in [0.2, 0.25) is 0 Å². The van der Waals surface area contributed by atoms with Crippen molar-refractivity contribution in [3.63, 3.8) is 0 Å². The standard InChI is InChI=1S/C20H13NO.C5H5N/c1-4-11-18-13(6-1)12-19(22-18)16-9-5-8-15-14-7-2-3-10-17(14)21-20(15)16;1-2-4-6-5-3-1/h1-12,21H;1-5H.